The maximum Gasteiger partial charge on any atom is 0.227 e. The highest BCUT2D eigenvalue weighted by atomic mass is 16.5. The van der Waals surface area contributed by atoms with Gasteiger partial charge >= 0.3 is 0 Å². The Balaban J connectivity index is 2.12. The number of nitrogens with zero attached hydrogens (tertiary/aromatic N) is 1. The predicted molar refractivity (Wildman–Crippen MR) is 99.1 cm³/mol. The summed E-state index contributed by atoms with van der Waals surface area (Å²) in [5.41, 5.74) is 0.630. The van der Waals surface area contributed by atoms with E-state index in [0.29, 0.717) is 36.0 Å². The fourth-order valence-corrected chi connectivity index (χ4v) is 3.09. The number of anilines is 1. The van der Waals surface area contributed by atoms with E-state index in [1.165, 1.54) is 21.3 Å². The lowest BCUT2D eigenvalue weighted by Crippen LogP contribution is -2.33. The van der Waals surface area contributed by atoms with E-state index in [-0.39, 0.29) is 24.2 Å². The maximum atomic E-state index is 12.5. The molecule has 26 heavy (non-hydrogen) atoms. The molecule has 0 aromatic heterocycles. The molecule has 1 N–H and O–H groups in total. The molecule has 1 saturated heterocycles. The number of amides is 2. The Morgan fingerprint density at radius 2 is 1.81 bits per heavy atom. The number of carbonyl (C=O) groups is 2. The number of hydrogen-bond donors (Lipinski definition) is 1. The number of hydrogen-bond acceptors (Lipinski definition) is 5. The second-order valence-corrected chi connectivity index (χ2v) is 6.29. The summed E-state index contributed by atoms with van der Waals surface area (Å²) in [6.45, 7) is 3.12. The average Bonchev–Trinajstić information content (AvgIpc) is 3.05. The van der Waals surface area contributed by atoms with E-state index in [4.69, 9.17) is 14.2 Å². The first-order valence-electron chi connectivity index (χ1n) is 8.93. The van der Waals surface area contributed by atoms with Crippen LogP contribution in [0.3, 0.4) is 0 Å². The summed E-state index contributed by atoms with van der Waals surface area (Å²) in [6.07, 6.45) is 3.35. The molecule has 0 spiro atoms. The van der Waals surface area contributed by atoms with Crippen LogP contribution in [0.4, 0.5) is 5.69 Å². The van der Waals surface area contributed by atoms with E-state index in [0.717, 1.165) is 19.3 Å². The summed E-state index contributed by atoms with van der Waals surface area (Å²) in [5.74, 6) is 0.917. The van der Waals surface area contributed by atoms with Crippen LogP contribution in [0.25, 0.3) is 0 Å². The van der Waals surface area contributed by atoms with Gasteiger partial charge in [-0.05, 0) is 6.42 Å². The lowest BCUT2D eigenvalue weighted by molar-refractivity contribution is -0.126. The molecule has 1 aliphatic heterocycles. The van der Waals surface area contributed by atoms with E-state index in [2.05, 4.69) is 12.2 Å². The molecule has 2 amide bonds. The van der Waals surface area contributed by atoms with E-state index >= 15 is 0 Å². The first kappa shape index (κ1) is 19.9. The molecule has 1 atom stereocenters. The van der Waals surface area contributed by atoms with Gasteiger partial charge in [0.05, 0.1) is 32.9 Å². The lowest BCUT2D eigenvalue weighted by Gasteiger charge is -2.20. The van der Waals surface area contributed by atoms with Gasteiger partial charge in [-0.1, -0.05) is 19.8 Å². The van der Waals surface area contributed by atoms with Crippen LogP contribution in [0.1, 0.15) is 32.6 Å². The molecule has 1 aliphatic rings. The number of unbranched alkanes of at least 4 members (excludes halogenated alkanes) is 2. The first-order valence-corrected chi connectivity index (χ1v) is 8.93. The Hall–Kier alpha value is -2.44. The van der Waals surface area contributed by atoms with Crippen LogP contribution in [0, 0.1) is 5.92 Å². The van der Waals surface area contributed by atoms with Crippen molar-refractivity contribution in [3.05, 3.63) is 12.1 Å². The van der Waals surface area contributed by atoms with Crippen molar-refractivity contribution in [1.82, 2.24) is 5.32 Å². The predicted octanol–water partition coefficient (Wildman–Crippen LogP) is 2.37. The molecule has 0 saturated carbocycles. The minimum absolute atomic E-state index is 0.0654. The van der Waals surface area contributed by atoms with Gasteiger partial charge in [-0.25, -0.2) is 0 Å². The first-order chi connectivity index (χ1) is 12.5. The quantitative estimate of drug-likeness (QED) is 0.681. The van der Waals surface area contributed by atoms with Crippen LogP contribution in [-0.4, -0.2) is 46.2 Å². The Morgan fingerprint density at radius 3 is 2.35 bits per heavy atom. The summed E-state index contributed by atoms with van der Waals surface area (Å²) < 4.78 is 16.0. The molecule has 1 aromatic carbocycles. The third kappa shape index (κ3) is 4.39. The molecule has 2 rings (SSSR count). The molecule has 7 nitrogen and oxygen atoms in total. The highest BCUT2D eigenvalue weighted by molar-refractivity contribution is 6.00. The van der Waals surface area contributed by atoms with Crippen LogP contribution < -0.4 is 24.4 Å². The van der Waals surface area contributed by atoms with Crippen molar-refractivity contribution >= 4 is 17.5 Å². The fraction of sp³-hybridized carbons (Fsp3) is 0.579. The van der Waals surface area contributed by atoms with Gasteiger partial charge < -0.3 is 24.4 Å². The number of methoxy groups -OCH3 is 3. The fourth-order valence-electron chi connectivity index (χ4n) is 3.09. The molecule has 1 fully saturated rings. The van der Waals surface area contributed by atoms with Gasteiger partial charge in [0.1, 0.15) is 0 Å². The number of rotatable bonds is 9. The highest BCUT2D eigenvalue weighted by Gasteiger charge is 2.35. The zero-order valence-electron chi connectivity index (χ0n) is 16.0. The summed E-state index contributed by atoms with van der Waals surface area (Å²) in [5, 5.41) is 2.93. The molecular formula is C19H28N2O5. The number of carbonyl (C=O) groups excluding carboxylic acids is 2. The number of ether oxygens (including phenoxy) is 3. The Labute approximate surface area is 154 Å². The Bertz CT molecular complexity index is 622. The minimum Gasteiger partial charge on any atom is -0.493 e. The standard InChI is InChI=1S/C19H28N2O5/c1-5-6-7-8-20-19(23)13-9-17(22)21(12-13)14-10-15(24-2)18(26-4)16(11-14)25-3/h10-11,13H,5-9,12H2,1-4H3,(H,20,23). The third-order valence-corrected chi connectivity index (χ3v) is 4.54. The zero-order valence-corrected chi connectivity index (χ0v) is 16.0. The van der Waals surface area contributed by atoms with Crippen molar-refractivity contribution in [2.24, 2.45) is 5.92 Å². The molecule has 1 unspecified atom stereocenters. The van der Waals surface area contributed by atoms with Gasteiger partial charge in [0, 0.05) is 31.6 Å². The molecular weight excluding hydrogens is 336 g/mol. The summed E-state index contributed by atoms with van der Waals surface area (Å²) in [7, 11) is 4.58. The van der Waals surface area contributed by atoms with E-state index in [1.807, 2.05) is 0 Å². The largest absolute Gasteiger partial charge is 0.493 e. The minimum atomic E-state index is -0.344. The monoisotopic (exact) mass is 364 g/mol. The Morgan fingerprint density at radius 1 is 1.15 bits per heavy atom. The van der Waals surface area contributed by atoms with Gasteiger partial charge in [-0.2, -0.15) is 0 Å². The molecule has 1 heterocycles. The van der Waals surface area contributed by atoms with Crippen molar-refractivity contribution in [1.29, 1.82) is 0 Å². The van der Waals surface area contributed by atoms with Gasteiger partial charge in [0.15, 0.2) is 11.5 Å². The maximum absolute atomic E-state index is 12.5. The summed E-state index contributed by atoms with van der Waals surface area (Å²) >= 11 is 0. The summed E-state index contributed by atoms with van der Waals surface area (Å²) in [4.78, 5) is 26.4. The third-order valence-electron chi connectivity index (χ3n) is 4.54. The number of benzene rings is 1. The van der Waals surface area contributed by atoms with Gasteiger partial charge in [-0.3, -0.25) is 9.59 Å². The van der Waals surface area contributed by atoms with Gasteiger partial charge in [0.25, 0.3) is 0 Å². The molecule has 1 aromatic rings. The molecule has 0 bridgehead atoms. The number of nitrogens with one attached hydrogen (secondary N) is 1. The summed E-state index contributed by atoms with van der Waals surface area (Å²) in [6, 6.07) is 3.45. The second kappa shape index (κ2) is 9.31. The Kier molecular flexibility index (Phi) is 7.12. The van der Waals surface area contributed by atoms with Gasteiger partial charge in [-0.15, -0.1) is 0 Å². The van der Waals surface area contributed by atoms with Crippen molar-refractivity contribution in [3.8, 4) is 17.2 Å². The highest BCUT2D eigenvalue weighted by Crippen LogP contribution is 2.42. The van der Waals surface area contributed by atoms with Crippen molar-refractivity contribution in [3.63, 3.8) is 0 Å². The molecule has 7 heteroatoms. The topological polar surface area (TPSA) is 77.1 Å². The molecule has 0 radical (unpaired) electrons. The normalized spacial score (nSPS) is 16.5. The smallest absolute Gasteiger partial charge is 0.227 e. The van der Waals surface area contributed by atoms with Crippen LogP contribution in [0.5, 0.6) is 17.2 Å². The zero-order chi connectivity index (χ0) is 19.1. The second-order valence-electron chi connectivity index (χ2n) is 6.29. The van der Waals surface area contributed by atoms with Crippen LogP contribution >= 0.6 is 0 Å². The van der Waals surface area contributed by atoms with Crippen LogP contribution in [-0.2, 0) is 9.59 Å². The van der Waals surface area contributed by atoms with Gasteiger partial charge in [0.2, 0.25) is 17.6 Å². The van der Waals surface area contributed by atoms with Crippen LogP contribution in [0.15, 0.2) is 12.1 Å². The van der Waals surface area contributed by atoms with E-state index < -0.39 is 0 Å². The van der Waals surface area contributed by atoms with E-state index in [1.54, 1.807) is 17.0 Å². The average molecular weight is 364 g/mol. The molecule has 0 aliphatic carbocycles. The van der Waals surface area contributed by atoms with Crippen LogP contribution in [0.2, 0.25) is 0 Å². The molecule has 144 valence electrons. The van der Waals surface area contributed by atoms with Crippen molar-refractivity contribution < 1.29 is 23.8 Å². The van der Waals surface area contributed by atoms with Crippen molar-refractivity contribution in [2.45, 2.75) is 32.6 Å². The lowest BCUT2D eigenvalue weighted by atomic mass is 10.1. The van der Waals surface area contributed by atoms with Crippen molar-refractivity contribution in [2.75, 3.05) is 39.3 Å². The van der Waals surface area contributed by atoms with E-state index in [9.17, 15) is 9.59 Å². The SMILES string of the molecule is CCCCCNC(=O)C1CC(=O)N(c2cc(OC)c(OC)c(OC)c2)C1.